The van der Waals surface area contributed by atoms with E-state index in [0.717, 1.165) is 15.6 Å². The van der Waals surface area contributed by atoms with Crippen LogP contribution in [-0.4, -0.2) is 30.9 Å². The molecule has 0 saturated heterocycles. The van der Waals surface area contributed by atoms with Crippen LogP contribution in [0.25, 0.3) is 6.08 Å². The van der Waals surface area contributed by atoms with Crippen molar-refractivity contribution in [1.82, 2.24) is 4.57 Å². The molecule has 0 saturated carbocycles. The van der Waals surface area contributed by atoms with E-state index in [-0.39, 0.29) is 23.8 Å². The standard InChI is InChI=1S/C33H30BrClN2O6S/c1-18(2)43-32(39)29-19(3)36-33-37(30(29)23-16-22(34)11-13-25(23)40-4)31(38)28(44-33)15-20-10-12-26(27(14-20)41-5)42-17-21-8-6-7-9-24(21)35/h6-16,18,30H,17H2,1-5H3/b28-15-/t30-/m0/s1. The number of fused-ring (bicyclic) bond motifs is 1. The number of aromatic nitrogens is 1. The highest BCUT2D eigenvalue weighted by Gasteiger charge is 2.35. The summed E-state index contributed by atoms with van der Waals surface area (Å²) in [6.07, 6.45) is 1.41. The first-order valence-corrected chi connectivity index (χ1v) is 15.7. The number of carbonyl (C=O) groups is 1. The summed E-state index contributed by atoms with van der Waals surface area (Å²) in [6.45, 7) is 5.57. The van der Waals surface area contributed by atoms with Crippen molar-refractivity contribution < 1.29 is 23.7 Å². The number of methoxy groups -OCH3 is 2. The highest BCUT2D eigenvalue weighted by Crippen LogP contribution is 2.37. The SMILES string of the molecule is COc1cc(/C=c2\sc3n(c2=O)[C@@H](c2cc(Br)ccc2OC)C(C(=O)OC(C)C)=C(C)N=3)ccc1OCc1ccccc1Cl. The van der Waals surface area contributed by atoms with Crippen LogP contribution in [0.4, 0.5) is 0 Å². The summed E-state index contributed by atoms with van der Waals surface area (Å²) in [7, 11) is 3.11. The number of nitrogens with zero attached hydrogens (tertiary/aromatic N) is 2. The minimum atomic E-state index is -0.817. The molecule has 11 heteroatoms. The van der Waals surface area contributed by atoms with E-state index in [1.165, 1.54) is 15.9 Å². The Bertz CT molecular complexity index is 1950. The first kappa shape index (κ1) is 31.6. The van der Waals surface area contributed by atoms with Gasteiger partial charge in [0.15, 0.2) is 16.3 Å². The van der Waals surface area contributed by atoms with Gasteiger partial charge in [-0.15, -0.1) is 0 Å². The zero-order valence-corrected chi connectivity index (χ0v) is 27.9. The van der Waals surface area contributed by atoms with Gasteiger partial charge in [0.25, 0.3) is 5.56 Å². The molecule has 1 atom stereocenters. The van der Waals surface area contributed by atoms with Crippen LogP contribution in [0.5, 0.6) is 17.2 Å². The maximum atomic E-state index is 14.1. The molecule has 0 spiro atoms. The van der Waals surface area contributed by atoms with Crippen molar-refractivity contribution in [3.8, 4) is 17.2 Å². The van der Waals surface area contributed by atoms with Crippen LogP contribution < -0.4 is 29.1 Å². The molecule has 1 aliphatic rings. The van der Waals surface area contributed by atoms with Crippen molar-refractivity contribution in [2.24, 2.45) is 4.99 Å². The second kappa shape index (κ2) is 13.4. The van der Waals surface area contributed by atoms with Crippen LogP contribution in [0.2, 0.25) is 5.02 Å². The molecule has 3 aromatic carbocycles. The molecule has 0 fully saturated rings. The number of allylic oxidation sites excluding steroid dienone is 1. The van der Waals surface area contributed by atoms with E-state index < -0.39 is 12.0 Å². The van der Waals surface area contributed by atoms with E-state index in [1.54, 1.807) is 59.3 Å². The molecule has 5 rings (SSSR count). The zero-order chi connectivity index (χ0) is 31.5. The number of esters is 1. The Hall–Kier alpha value is -3.86. The van der Waals surface area contributed by atoms with E-state index in [2.05, 4.69) is 20.9 Å². The Morgan fingerprint density at radius 2 is 1.80 bits per heavy atom. The highest BCUT2D eigenvalue weighted by molar-refractivity contribution is 9.10. The van der Waals surface area contributed by atoms with Gasteiger partial charge in [0.2, 0.25) is 0 Å². The minimum absolute atomic E-state index is 0.272. The first-order valence-electron chi connectivity index (χ1n) is 13.7. The number of thiazole rings is 1. The molecule has 0 amide bonds. The predicted molar refractivity (Wildman–Crippen MR) is 174 cm³/mol. The summed E-state index contributed by atoms with van der Waals surface area (Å²) in [5.41, 5.74) is 2.64. The molecule has 44 heavy (non-hydrogen) atoms. The van der Waals surface area contributed by atoms with Crippen molar-refractivity contribution in [2.75, 3.05) is 14.2 Å². The number of halogens is 2. The maximum absolute atomic E-state index is 14.1. The van der Waals surface area contributed by atoms with Crippen LogP contribution in [0, 0.1) is 0 Å². The average molecular weight is 698 g/mol. The lowest BCUT2D eigenvalue weighted by Crippen LogP contribution is -2.40. The molecule has 0 N–H and O–H groups in total. The van der Waals surface area contributed by atoms with E-state index in [9.17, 15) is 9.59 Å². The van der Waals surface area contributed by atoms with Crippen molar-refractivity contribution in [3.05, 3.63) is 118 Å². The fraction of sp³-hybridized carbons (Fsp3) is 0.242. The molecule has 4 aromatic rings. The number of rotatable bonds is 9. The molecule has 1 aliphatic heterocycles. The van der Waals surface area contributed by atoms with E-state index in [4.69, 9.17) is 30.5 Å². The lowest BCUT2D eigenvalue weighted by Gasteiger charge is -2.26. The fourth-order valence-corrected chi connectivity index (χ4v) is 6.50. The van der Waals surface area contributed by atoms with Gasteiger partial charge < -0.3 is 18.9 Å². The molecular formula is C33H30BrClN2O6S. The summed E-state index contributed by atoms with van der Waals surface area (Å²) in [6, 6.07) is 17.6. The summed E-state index contributed by atoms with van der Waals surface area (Å²) in [5, 5.41) is 0.619. The molecular weight excluding hydrogens is 668 g/mol. The summed E-state index contributed by atoms with van der Waals surface area (Å²) >= 11 is 11.0. The van der Waals surface area contributed by atoms with Gasteiger partial charge >= 0.3 is 5.97 Å². The average Bonchev–Trinajstić information content (AvgIpc) is 3.29. The second-order valence-electron chi connectivity index (χ2n) is 10.2. The number of carbonyl (C=O) groups excluding carboxylic acids is 1. The molecule has 2 heterocycles. The zero-order valence-electron chi connectivity index (χ0n) is 24.7. The van der Waals surface area contributed by atoms with Gasteiger partial charge in [-0.25, -0.2) is 9.79 Å². The smallest absolute Gasteiger partial charge is 0.338 e. The monoisotopic (exact) mass is 696 g/mol. The van der Waals surface area contributed by atoms with Gasteiger partial charge in [-0.3, -0.25) is 9.36 Å². The second-order valence-corrected chi connectivity index (χ2v) is 12.5. The van der Waals surface area contributed by atoms with Crippen LogP contribution in [0.15, 0.2) is 86.2 Å². The number of ether oxygens (including phenoxy) is 4. The van der Waals surface area contributed by atoms with E-state index in [1.807, 2.05) is 42.5 Å². The molecule has 0 aliphatic carbocycles. The van der Waals surface area contributed by atoms with E-state index >= 15 is 0 Å². The lowest BCUT2D eigenvalue weighted by atomic mass is 9.95. The molecule has 228 valence electrons. The summed E-state index contributed by atoms with van der Waals surface area (Å²) < 4.78 is 25.6. The third-order valence-corrected chi connectivity index (χ3v) is 8.74. The third-order valence-electron chi connectivity index (χ3n) is 6.90. The first-order chi connectivity index (χ1) is 21.1. The fourth-order valence-electron chi connectivity index (χ4n) is 4.89. The maximum Gasteiger partial charge on any atom is 0.338 e. The Kier molecular flexibility index (Phi) is 9.62. The molecule has 1 aromatic heterocycles. The predicted octanol–water partition coefficient (Wildman–Crippen LogP) is 6.20. The Morgan fingerprint density at radius 1 is 1.07 bits per heavy atom. The van der Waals surface area contributed by atoms with Gasteiger partial charge in [0.05, 0.1) is 36.1 Å². The van der Waals surface area contributed by atoms with Gasteiger partial charge in [0, 0.05) is 20.6 Å². The largest absolute Gasteiger partial charge is 0.496 e. The number of benzene rings is 3. The molecule has 0 unspecified atom stereocenters. The van der Waals surface area contributed by atoms with Crippen LogP contribution in [0.1, 0.15) is 43.5 Å². The molecule has 0 bridgehead atoms. The van der Waals surface area contributed by atoms with Crippen LogP contribution in [-0.2, 0) is 16.1 Å². The van der Waals surface area contributed by atoms with E-state index in [0.29, 0.717) is 42.9 Å². The van der Waals surface area contributed by atoms with Crippen LogP contribution >= 0.6 is 38.9 Å². The molecule has 8 nitrogen and oxygen atoms in total. The Labute approximate surface area is 272 Å². The Morgan fingerprint density at radius 3 is 2.50 bits per heavy atom. The Balaban J connectivity index is 1.59. The van der Waals surface area contributed by atoms with Gasteiger partial charge in [0.1, 0.15) is 18.4 Å². The minimum Gasteiger partial charge on any atom is -0.496 e. The van der Waals surface area contributed by atoms with Gasteiger partial charge in [-0.2, -0.15) is 0 Å². The molecule has 0 radical (unpaired) electrons. The summed E-state index contributed by atoms with van der Waals surface area (Å²) in [5.74, 6) is 1.02. The van der Waals surface area contributed by atoms with Gasteiger partial charge in [-0.05, 0) is 68.8 Å². The van der Waals surface area contributed by atoms with Crippen molar-refractivity contribution in [2.45, 2.75) is 39.5 Å². The van der Waals surface area contributed by atoms with Crippen molar-refractivity contribution >= 4 is 50.9 Å². The van der Waals surface area contributed by atoms with Crippen molar-refractivity contribution in [1.29, 1.82) is 0 Å². The van der Waals surface area contributed by atoms with Gasteiger partial charge in [-0.1, -0.05) is 63.1 Å². The highest BCUT2D eigenvalue weighted by atomic mass is 79.9. The lowest BCUT2D eigenvalue weighted by molar-refractivity contribution is -0.143. The number of hydrogen-bond donors (Lipinski definition) is 0. The van der Waals surface area contributed by atoms with Crippen LogP contribution in [0.3, 0.4) is 0 Å². The topological polar surface area (TPSA) is 88.4 Å². The normalized spacial score (nSPS) is 14.7. The number of hydrogen-bond acceptors (Lipinski definition) is 8. The van der Waals surface area contributed by atoms with Crippen molar-refractivity contribution in [3.63, 3.8) is 0 Å². The summed E-state index contributed by atoms with van der Waals surface area (Å²) in [4.78, 5) is 32.6. The third kappa shape index (κ3) is 6.47. The quantitative estimate of drug-likeness (QED) is 0.194.